The first-order valence-electron chi connectivity index (χ1n) is 3.73. The summed E-state index contributed by atoms with van der Waals surface area (Å²) in [5.74, 6) is 0. The van der Waals surface area contributed by atoms with Gasteiger partial charge in [0.2, 0.25) is 5.56 Å². The summed E-state index contributed by atoms with van der Waals surface area (Å²) in [7, 11) is 0. The van der Waals surface area contributed by atoms with E-state index in [9.17, 15) is 4.79 Å². The van der Waals surface area contributed by atoms with Gasteiger partial charge >= 0.3 is 0 Å². The van der Waals surface area contributed by atoms with Crippen LogP contribution in [0.25, 0.3) is 0 Å². The topological polar surface area (TPSA) is 79.1 Å². The van der Waals surface area contributed by atoms with Crippen LogP contribution in [-0.2, 0) is 0 Å². The van der Waals surface area contributed by atoms with Crippen LogP contribution >= 0.6 is 0 Å². The van der Waals surface area contributed by atoms with Gasteiger partial charge in [-0.3, -0.25) is 4.79 Å². The van der Waals surface area contributed by atoms with Crippen molar-refractivity contribution in [1.29, 1.82) is 0 Å². The van der Waals surface area contributed by atoms with Crippen LogP contribution in [0.2, 0.25) is 0 Å². The molecule has 1 aromatic heterocycles. The molecule has 0 spiro atoms. The summed E-state index contributed by atoms with van der Waals surface area (Å²) in [5, 5.41) is 9.13. The number of aliphatic hydroxyl groups is 1. The Morgan fingerprint density at radius 1 is 1.58 bits per heavy atom. The zero-order chi connectivity index (χ0) is 9.14. The molecule has 2 unspecified atom stereocenters. The fourth-order valence-corrected chi connectivity index (χ4v) is 0.908. The van der Waals surface area contributed by atoms with Crippen molar-refractivity contribution in [2.24, 2.45) is 5.73 Å². The largest absolute Gasteiger partial charge is 0.391 e. The van der Waals surface area contributed by atoms with Crippen molar-refractivity contribution in [1.82, 2.24) is 4.98 Å². The van der Waals surface area contributed by atoms with E-state index in [0.29, 0.717) is 0 Å². The van der Waals surface area contributed by atoms with E-state index in [2.05, 4.69) is 4.98 Å². The van der Waals surface area contributed by atoms with E-state index in [1.165, 1.54) is 12.3 Å². The molecule has 66 valence electrons. The average molecular weight is 168 g/mol. The number of nitrogens with two attached hydrogens (primary N) is 1. The molecule has 0 amide bonds. The van der Waals surface area contributed by atoms with Crippen LogP contribution in [0.1, 0.15) is 18.5 Å². The smallest absolute Gasteiger partial charge is 0.247 e. The summed E-state index contributed by atoms with van der Waals surface area (Å²) in [6.07, 6.45) is 0.899. The summed E-state index contributed by atoms with van der Waals surface area (Å²) in [6.45, 7) is 1.61. The highest BCUT2D eigenvalue weighted by Crippen LogP contribution is 2.10. The lowest BCUT2D eigenvalue weighted by molar-refractivity contribution is 0.164. The molecule has 0 saturated heterocycles. The van der Waals surface area contributed by atoms with Crippen LogP contribution in [0, 0.1) is 0 Å². The van der Waals surface area contributed by atoms with Crippen molar-refractivity contribution in [3.8, 4) is 0 Å². The van der Waals surface area contributed by atoms with Crippen LogP contribution in [0.15, 0.2) is 23.1 Å². The first-order chi connectivity index (χ1) is 5.61. The van der Waals surface area contributed by atoms with Crippen LogP contribution in [0.4, 0.5) is 0 Å². The second-order valence-corrected chi connectivity index (χ2v) is 2.75. The Morgan fingerprint density at radius 2 is 2.25 bits per heavy atom. The molecule has 0 aliphatic heterocycles. The number of hydrogen-bond acceptors (Lipinski definition) is 3. The van der Waals surface area contributed by atoms with Crippen molar-refractivity contribution >= 4 is 0 Å². The molecule has 0 aromatic carbocycles. The molecule has 4 nitrogen and oxygen atoms in total. The van der Waals surface area contributed by atoms with Crippen LogP contribution in [0.3, 0.4) is 0 Å². The summed E-state index contributed by atoms with van der Waals surface area (Å²) in [4.78, 5) is 13.1. The van der Waals surface area contributed by atoms with E-state index in [1.807, 2.05) is 0 Å². The van der Waals surface area contributed by atoms with Crippen molar-refractivity contribution in [2.75, 3.05) is 0 Å². The van der Waals surface area contributed by atoms with E-state index in [0.717, 1.165) is 5.56 Å². The quantitative estimate of drug-likeness (QED) is 0.570. The van der Waals surface area contributed by atoms with Gasteiger partial charge in [-0.1, -0.05) is 6.07 Å². The maximum atomic E-state index is 10.7. The Morgan fingerprint density at radius 3 is 2.67 bits per heavy atom. The number of H-pyrrole nitrogens is 1. The Labute approximate surface area is 70.0 Å². The van der Waals surface area contributed by atoms with Crippen molar-refractivity contribution in [3.63, 3.8) is 0 Å². The van der Waals surface area contributed by atoms with E-state index < -0.39 is 12.1 Å². The van der Waals surface area contributed by atoms with E-state index in [1.54, 1.807) is 13.0 Å². The van der Waals surface area contributed by atoms with E-state index in [-0.39, 0.29) is 5.56 Å². The maximum absolute atomic E-state index is 10.7. The Balaban J connectivity index is 2.89. The maximum Gasteiger partial charge on any atom is 0.247 e. The molecular formula is C8H12N2O2. The monoisotopic (exact) mass is 168 g/mol. The minimum absolute atomic E-state index is 0.170. The van der Waals surface area contributed by atoms with Gasteiger partial charge in [0.1, 0.15) is 0 Å². The first-order valence-corrected chi connectivity index (χ1v) is 3.73. The fourth-order valence-electron chi connectivity index (χ4n) is 0.908. The molecule has 1 aromatic rings. The molecule has 0 fully saturated rings. The molecule has 0 aliphatic rings. The fraction of sp³-hybridized carbons (Fsp3) is 0.375. The van der Waals surface area contributed by atoms with Gasteiger partial charge in [-0.2, -0.15) is 0 Å². The second-order valence-electron chi connectivity index (χ2n) is 2.75. The van der Waals surface area contributed by atoms with Crippen molar-refractivity contribution in [2.45, 2.75) is 19.1 Å². The van der Waals surface area contributed by atoms with Crippen molar-refractivity contribution < 1.29 is 5.11 Å². The van der Waals surface area contributed by atoms with Gasteiger partial charge in [-0.15, -0.1) is 0 Å². The molecule has 4 N–H and O–H groups in total. The lowest BCUT2D eigenvalue weighted by atomic mass is 10.1. The summed E-state index contributed by atoms with van der Waals surface area (Å²) < 4.78 is 0. The highest BCUT2D eigenvalue weighted by Gasteiger charge is 2.10. The molecule has 12 heavy (non-hydrogen) atoms. The molecule has 2 atom stereocenters. The lowest BCUT2D eigenvalue weighted by Crippen LogP contribution is -2.24. The van der Waals surface area contributed by atoms with Gasteiger partial charge in [0, 0.05) is 12.3 Å². The van der Waals surface area contributed by atoms with Gasteiger partial charge in [-0.25, -0.2) is 0 Å². The highest BCUT2D eigenvalue weighted by atomic mass is 16.3. The Kier molecular flexibility index (Phi) is 2.62. The standard InChI is InChI=1S/C8H12N2O2/c1-5(11)8(9)6-2-3-7(12)10-4-6/h2-5,8,11H,9H2,1H3,(H,10,12). The Bertz CT molecular complexity index is 286. The minimum atomic E-state index is -0.615. The predicted molar refractivity (Wildman–Crippen MR) is 45.7 cm³/mol. The molecule has 1 rings (SSSR count). The predicted octanol–water partition coefficient (Wildman–Crippen LogP) is -0.245. The number of pyridine rings is 1. The van der Waals surface area contributed by atoms with Crippen LogP contribution in [0.5, 0.6) is 0 Å². The third kappa shape index (κ3) is 1.93. The number of nitrogens with one attached hydrogen (secondary N) is 1. The van der Waals surface area contributed by atoms with E-state index >= 15 is 0 Å². The third-order valence-electron chi connectivity index (χ3n) is 1.71. The average Bonchev–Trinajstić information content (AvgIpc) is 2.04. The van der Waals surface area contributed by atoms with Gasteiger partial charge in [0.25, 0.3) is 0 Å². The van der Waals surface area contributed by atoms with Gasteiger partial charge in [0.05, 0.1) is 12.1 Å². The zero-order valence-electron chi connectivity index (χ0n) is 6.82. The van der Waals surface area contributed by atoms with Gasteiger partial charge in [-0.05, 0) is 12.5 Å². The summed E-state index contributed by atoms with van der Waals surface area (Å²) in [6, 6.07) is 2.55. The van der Waals surface area contributed by atoms with Gasteiger partial charge in [0.15, 0.2) is 0 Å². The molecule has 0 bridgehead atoms. The summed E-state index contributed by atoms with van der Waals surface area (Å²) in [5.41, 5.74) is 6.17. The number of aromatic amines is 1. The number of aliphatic hydroxyl groups excluding tert-OH is 1. The molecular weight excluding hydrogens is 156 g/mol. The second kappa shape index (κ2) is 3.51. The molecule has 4 heteroatoms. The Hall–Kier alpha value is -1.13. The number of hydrogen-bond donors (Lipinski definition) is 3. The SMILES string of the molecule is CC(O)C(N)c1ccc(=O)[nH]c1. The first kappa shape index (κ1) is 8.96. The molecule has 1 heterocycles. The number of rotatable bonds is 2. The molecule has 0 aliphatic carbocycles. The zero-order valence-corrected chi connectivity index (χ0v) is 6.82. The van der Waals surface area contributed by atoms with E-state index in [4.69, 9.17) is 10.8 Å². The number of aromatic nitrogens is 1. The molecule has 0 saturated carbocycles. The minimum Gasteiger partial charge on any atom is -0.391 e. The highest BCUT2D eigenvalue weighted by molar-refractivity contribution is 5.14. The molecule has 0 radical (unpaired) electrons. The van der Waals surface area contributed by atoms with Crippen LogP contribution < -0.4 is 11.3 Å². The normalized spacial score (nSPS) is 15.6. The lowest BCUT2D eigenvalue weighted by Gasteiger charge is -2.13. The summed E-state index contributed by atoms with van der Waals surface area (Å²) >= 11 is 0. The van der Waals surface area contributed by atoms with Crippen LogP contribution in [-0.4, -0.2) is 16.2 Å². The van der Waals surface area contributed by atoms with Gasteiger partial charge < -0.3 is 15.8 Å². The van der Waals surface area contributed by atoms with Crippen molar-refractivity contribution in [3.05, 3.63) is 34.2 Å². The third-order valence-corrected chi connectivity index (χ3v) is 1.71.